The van der Waals surface area contributed by atoms with E-state index < -0.39 is 5.82 Å². The van der Waals surface area contributed by atoms with Crippen LogP contribution in [0.1, 0.15) is 5.56 Å². The summed E-state index contributed by atoms with van der Waals surface area (Å²) in [4.78, 5) is 2.93. The van der Waals surface area contributed by atoms with E-state index in [-0.39, 0.29) is 10.8 Å². The summed E-state index contributed by atoms with van der Waals surface area (Å²) in [5, 5.41) is 0.0411. The van der Waals surface area contributed by atoms with Crippen molar-refractivity contribution in [1.29, 1.82) is 0 Å². The summed E-state index contributed by atoms with van der Waals surface area (Å²) in [5.41, 5.74) is 2.19. The standard InChI is InChI=1S/C14H9ClF2N2S/c15-10-5-13-12(6-11(10)17)18-14(20)19(13)7-8-1-3-9(16)4-2-8/h1-6H,7H2,(H,18,20). The van der Waals surface area contributed by atoms with Crippen molar-refractivity contribution in [2.45, 2.75) is 6.54 Å². The molecule has 1 N–H and O–H groups in total. The Balaban J connectivity index is 2.11. The molecule has 0 fully saturated rings. The van der Waals surface area contributed by atoms with Gasteiger partial charge in [0.15, 0.2) is 4.77 Å². The molecule has 3 rings (SSSR count). The minimum Gasteiger partial charge on any atom is -0.330 e. The van der Waals surface area contributed by atoms with Gasteiger partial charge in [0, 0.05) is 6.07 Å². The molecule has 0 radical (unpaired) electrons. The van der Waals surface area contributed by atoms with E-state index in [2.05, 4.69) is 4.98 Å². The summed E-state index contributed by atoms with van der Waals surface area (Å²) in [6.07, 6.45) is 0. The number of aromatic amines is 1. The Labute approximate surface area is 123 Å². The molecule has 0 saturated heterocycles. The minimum atomic E-state index is -0.496. The molecule has 0 bridgehead atoms. The van der Waals surface area contributed by atoms with Gasteiger partial charge in [-0.3, -0.25) is 0 Å². The molecule has 0 atom stereocenters. The molecule has 0 aliphatic rings. The topological polar surface area (TPSA) is 20.7 Å². The number of rotatable bonds is 2. The molecular formula is C14H9ClF2N2S. The molecule has 0 aliphatic heterocycles. The normalized spacial score (nSPS) is 11.2. The molecule has 0 amide bonds. The van der Waals surface area contributed by atoms with Crippen molar-refractivity contribution in [2.75, 3.05) is 0 Å². The lowest BCUT2D eigenvalue weighted by Crippen LogP contribution is -1.99. The van der Waals surface area contributed by atoms with Crippen molar-refractivity contribution < 1.29 is 8.78 Å². The van der Waals surface area contributed by atoms with Gasteiger partial charge in [-0.15, -0.1) is 0 Å². The number of fused-ring (bicyclic) bond motifs is 1. The van der Waals surface area contributed by atoms with Crippen molar-refractivity contribution in [3.05, 3.63) is 63.4 Å². The van der Waals surface area contributed by atoms with Gasteiger partial charge in [0.1, 0.15) is 11.6 Å². The molecular weight excluding hydrogens is 302 g/mol. The lowest BCUT2D eigenvalue weighted by molar-refractivity contribution is 0.626. The molecule has 0 aliphatic carbocycles. The molecule has 102 valence electrons. The highest BCUT2D eigenvalue weighted by Crippen LogP contribution is 2.23. The first kappa shape index (κ1) is 13.3. The van der Waals surface area contributed by atoms with Crippen molar-refractivity contribution in [3.8, 4) is 0 Å². The number of aromatic nitrogens is 2. The Morgan fingerprint density at radius 1 is 1.15 bits per heavy atom. The highest BCUT2D eigenvalue weighted by Gasteiger charge is 2.09. The number of H-pyrrole nitrogens is 1. The number of imidazole rings is 1. The zero-order chi connectivity index (χ0) is 14.3. The number of nitrogens with one attached hydrogen (secondary N) is 1. The van der Waals surface area contributed by atoms with Gasteiger partial charge < -0.3 is 9.55 Å². The fourth-order valence-electron chi connectivity index (χ4n) is 2.08. The second-order valence-electron chi connectivity index (χ2n) is 4.43. The first-order valence-corrected chi connectivity index (χ1v) is 6.65. The molecule has 2 aromatic carbocycles. The maximum Gasteiger partial charge on any atom is 0.178 e. The summed E-state index contributed by atoms with van der Waals surface area (Å²) in [5.74, 6) is -0.786. The SMILES string of the molecule is Fc1ccc(Cn2c(=S)[nH]c3cc(F)c(Cl)cc32)cc1. The van der Waals surface area contributed by atoms with Gasteiger partial charge in [0.05, 0.1) is 22.6 Å². The van der Waals surface area contributed by atoms with E-state index in [1.807, 2.05) is 0 Å². The van der Waals surface area contributed by atoms with E-state index in [1.165, 1.54) is 24.3 Å². The summed E-state index contributed by atoms with van der Waals surface area (Å²) in [6, 6.07) is 8.99. The average Bonchev–Trinajstić information content (AvgIpc) is 2.69. The van der Waals surface area contributed by atoms with E-state index in [9.17, 15) is 8.78 Å². The molecule has 1 heterocycles. The molecule has 6 heteroatoms. The third kappa shape index (κ3) is 2.34. The van der Waals surface area contributed by atoms with Crippen molar-refractivity contribution in [1.82, 2.24) is 9.55 Å². The van der Waals surface area contributed by atoms with Gasteiger partial charge in [-0.25, -0.2) is 8.78 Å². The zero-order valence-electron chi connectivity index (χ0n) is 10.2. The Bertz CT molecular complexity index is 837. The number of benzene rings is 2. The number of halogens is 3. The van der Waals surface area contributed by atoms with Crippen molar-refractivity contribution >= 4 is 34.9 Å². The van der Waals surface area contributed by atoms with Crippen LogP contribution in [0.4, 0.5) is 8.78 Å². The summed E-state index contributed by atoms with van der Waals surface area (Å²) in [6.45, 7) is 0.459. The second-order valence-corrected chi connectivity index (χ2v) is 5.22. The van der Waals surface area contributed by atoms with Gasteiger partial charge in [-0.2, -0.15) is 0 Å². The monoisotopic (exact) mass is 310 g/mol. The van der Waals surface area contributed by atoms with E-state index in [4.69, 9.17) is 23.8 Å². The predicted molar refractivity (Wildman–Crippen MR) is 77.6 cm³/mol. The summed E-state index contributed by atoms with van der Waals surface area (Å²) < 4.78 is 28.6. The number of hydrogen-bond acceptors (Lipinski definition) is 1. The lowest BCUT2D eigenvalue weighted by Gasteiger charge is -2.05. The first-order valence-electron chi connectivity index (χ1n) is 5.86. The largest absolute Gasteiger partial charge is 0.330 e. The quantitative estimate of drug-likeness (QED) is 0.682. The highest BCUT2D eigenvalue weighted by molar-refractivity contribution is 7.71. The molecule has 2 nitrogen and oxygen atoms in total. The first-order chi connectivity index (χ1) is 9.54. The van der Waals surface area contributed by atoms with Crippen molar-refractivity contribution in [2.24, 2.45) is 0 Å². The zero-order valence-corrected chi connectivity index (χ0v) is 11.7. The van der Waals surface area contributed by atoms with Gasteiger partial charge in [-0.1, -0.05) is 23.7 Å². The van der Waals surface area contributed by atoms with Crippen LogP contribution < -0.4 is 0 Å². The van der Waals surface area contributed by atoms with Crippen LogP contribution in [-0.4, -0.2) is 9.55 Å². The van der Waals surface area contributed by atoms with Crippen LogP contribution in [0.3, 0.4) is 0 Å². The van der Waals surface area contributed by atoms with Crippen LogP contribution in [0.5, 0.6) is 0 Å². The molecule has 1 aromatic heterocycles. The maximum atomic E-state index is 13.4. The predicted octanol–water partition coefficient (Wildman–Crippen LogP) is 4.68. The maximum absolute atomic E-state index is 13.4. The Morgan fingerprint density at radius 3 is 2.55 bits per heavy atom. The fourth-order valence-corrected chi connectivity index (χ4v) is 2.51. The van der Waals surface area contributed by atoms with Gasteiger partial charge in [-0.05, 0) is 36.0 Å². The summed E-state index contributed by atoms with van der Waals surface area (Å²) >= 11 is 11.0. The molecule has 20 heavy (non-hydrogen) atoms. The van der Waals surface area contributed by atoms with Crippen LogP contribution in [0.15, 0.2) is 36.4 Å². The highest BCUT2D eigenvalue weighted by atomic mass is 35.5. The lowest BCUT2D eigenvalue weighted by atomic mass is 10.2. The average molecular weight is 311 g/mol. The van der Waals surface area contributed by atoms with Gasteiger partial charge in [0.2, 0.25) is 0 Å². The molecule has 0 unspecified atom stereocenters. The molecule has 3 aromatic rings. The second kappa shape index (κ2) is 5.00. The van der Waals surface area contributed by atoms with Crippen LogP contribution in [0.2, 0.25) is 5.02 Å². The van der Waals surface area contributed by atoms with Crippen LogP contribution in [0.25, 0.3) is 11.0 Å². The van der Waals surface area contributed by atoms with E-state index in [0.717, 1.165) is 5.56 Å². The number of hydrogen-bond donors (Lipinski definition) is 1. The Kier molecular flexibility index (Phi) is 3.31. The van der Waals surface area contributed by atoms with Gasteiger partial charge in [0.25, 0.3) is 0 Å². The fraction of sp³-hybridized carbons (Fsp3) is 0.0714. The van der Waals surface area contributed by atoms with E-state index in [1.54, 1.807) is 16.7 Å². The van der Waals surface area contributed by atoms with Crippen LogP contribution >= 0.6 is 23.8 Å². The number of nitrogens with zero attached hydrogens (tertiary/aromatic N) is 1. The van der Waals surface area contributed by atoms with Crippen LogP contribution in [0, 0.1) is 16.4 Å². The van der Waals surface area contributed by atoms with Crippen molar-refractivity contribution in [3.63, 3.8) is 0 Å². The molecule has 0 saturated carbocycles. The van der Waals surface area contributed by atoms with E-state index in [0.29, 0.717) is 22.3 Å². The minimum absolute atomic E-state index is 0.0411. The Morgan fingerprint density at radius 2 is 1.85 bits per heavy atom. The molecule has 0 spiro atoms. The summed E-state index contributed by atoms with van der Waals surface area (Å²) in [7, 11) is 0. The van der Waals surface area contributed by atoms with E-state index >= 15 is 0 Å². The van der Waals surface area contributed by atoms with Gasteiger partial charge >= 0.3 is 0 Å². The third-order valence-electron chi connectivity index (χ3n) is 3.07. The Hall–Kier alpha value is -1.72. The van der Waals surface area contributed by atoms with Crippen LogP contribution in [-0.2, 0) is 6.54 Å². The smallest absolute Gasteiger partial charge is 0.178 e. The third-order valence-corrected chi connectivity index (χ3v) is 3.68.